The summed E-state index contributed by atoms with van der Waals surface area (Å²) in [5, 5.41) is 11.8. The third-order valence-electron chi connectivity index (χ3n) is 3.77. The van der Waals surface area contributed by atoms with Crippen molar-refractivity contribution in [1.82, 2.24) is 5.32 Å². The molecule has 1 fully saturated rings. The van der Waals surface area contributed by atoms with E-state index in [1.165, 1.54) is 0 Å². The quantitative estimate of drug-likeness (QED) is 0.830. The lowest BCUT2D eigenvalue weighted by atomic mass is 9.92. The van der Waals surface area contributed by atoms with Gasteiger partial charge in [0.05, 0.1) is 0 Å². The molecule has 0 spiro atoms. The predicted octanol–water partition coefficient (Wildman–Crippen LogP) is 1.58. The normalized spacial score (nSPS) is 16.7. The Morgan fingerprint density at radius 1 is 1.48 bits per heavy atom. The summed E-state index contributed by atoms with van der Waals surface area (Å²) in [7, 11) is 0. The second kappa shape index (κ2) is 7.82. The Morgan fingerprint density at radius 3 is 2.95 bits per heavy atom. The minimum Gasteiger partial charge on any atom is -0.384 e. The fourth-order valence-electron chi connectivity index (χ4n) is 2.50. The molecule has 1 aromatic rings. The number of aliphatic hydroxyl groups excluding tert-OH is 1. The van der Waals surface area contributed by atoms with Gasteiger partial charge in [0.25, 0.3) is 5.91 Å². The number of carbonyl (C=O) groups is 1. The van der Waals surface area contributed by atoms with Crippen molar-refractivity contribution in [3.8, 4) is 11.8 Å². The van der Waals surface area contributed by atoms with Crippen molar-refractivity contribution < 1.29 is 14.6 Å². The van der Waals surface area contributed by atoms with Crippen molar-refractivity contribution >= 4 is 5.91 Å². The molecule has 1 aromatic carbocycles. The fraction of sp³-hybridized carbons (Fsp3) is 0.471. The monoisotopic (exact) mass is 287 g/mol. The molecule has 0 aromatic heterocycles. The van der Waals surface area contributed by atoms with Crippen LogP contribution in [0.2, 0.25) is 0 Å². The van der Waals surface area contributed by atoms with E-state index < -0.39 is 0 Å². The molecule has 2 rings (SSSR count). The van der Waals surface area contributed by atoms with Crippen LogP contribution in [0.5, 0.6) is 0 Å². The Labute approximate surface area is 125 Å². The zero-order chi connectivity index (χ0) is 15.1. The Balaban J connectivity index is 1.99. The van der Waals surface area contributed by atoms with Crippen LogP contribution in [0.25, 0.3) is 0 Å². The van der Waals surface area contributed by atoms with Crippen molar-refractivity contribution in [3.05, 3.63) is 35.4 Å². The van der Waals surface area contributed by atoms with E-state index in [1.54, 1.807) is 18.2 Å². The van der Waals surface area contributed by atoms with Crippen molar-refractivity contribution in [1.29, 1.82) is 0 Å². The summed E-state index contributed by atoms with van der Waals surface area (Å²) in [6.45, 7) is 3.41. The molecule has 2 N–H and O–H groups in total. The molecule has 4 nitrogen and oxygen atoms in total. The topological polar surface area (TPSA) is 58.6 Å². The van der Waals surface area contributed by atoms with Crippen LogP contribution in [0.15, 0.2) is 24.3 Å². The van der Waals surface area contributed by atoms with E-state index in [0.29, 0.717) is 11.5 Å². The number of amides is 1. The molecule has 0 bridgehead atoms. The van der Waals surface area contributed by atoms with Gasteiger partial charge in [-0.3, -0.25) is 4.79 Å². The average Bonchev–Trinajstić information content (AvgIpc) is 2.54. The number of hydrogen-bond acceptors (Lipinski definition) is 3. The number of hydrogen-bond donors (Lipinski definition) is 2. The Morgan fingerprint density at radius 2 is 2.24 bits per heavy atom. The summed E-state index contributed by atoms with van der Waals surface area (Å²) < 4.78 is 5.34. The first kappa shape index (κ1) is 15.6. The van der Waals surface area contributed by atoms with Crippen molar-refractivity contribution in [2.75, 3.05) is 19.8 Å². The first-order valence-electron chi connectivity index (χ1n) is 7.29. The van der Waals surface area contributed by atoms with Gasteiger partial charge >= 0.3 is 0 Å². The number of nitrogens with one attached hydrogen (secondary N) is 1. The minimum absolute atomic E-state index is 0.0818. The van der Waals surface area contributed by atoms with Crippen LogP contribution in [0.1, 0.15) is 35.7 Å². The average molecular weight is 287 g/mol. The molecule has 4 heteroatoms. The molecule has 1 saturated heterocycles. The van der Waals surface area contributed by atoms with Crippen LogP contribution in [0, 0.1) is 17.8 Å². The molecule has 1 aliphatic rings. The molecule has 1 atom stereocenters. The molecule has 112 valence electrons. The highest BCUT2D eigenvalue weighted by atomic mass is 16.5. The molecule has 1 amide bonds. The fourth-order valence-corrected chi connectivity index (χ4v) is 2.50. The Kier molecular flexibility index (Phi) is 5.79. The molecule has 0 radical (unpaired) electrons. The lowest BCUT2D eigenvalue weighted by Crippen LogP contribution is -2.40. The van der Waals surface area contributed by atoms with E-state index in [4.69, 9.17) is 9.84 Å². The maximum atomic E-state index is 12.3. The molecular weight excluding hydrogens is 266 g/mol. The SMILES string of the molecule is CC(NC(=O)c1cccc(C#CCO)c1)C1CCOCC1. The van der Waals surface area contributed by atoms with Crippen LogP contribution in [-0.4, -0.2) is 36.9 Å². The number of benzene rings is 1. The van der Waals surface area contributed by atoms with Crippen LogP contribution in [0.4, 0.5) is 0 Å². The van der Waals surface area contributed by atoms with Crippen LogP contribution in [0.3, 0.4) is 0 Å². The molecule has 21 heavy (non-hydrogen) atoms. The molecular formula is C17H21NO3. The zero-order valence-corrected chi connectivity index (χ0v) is 12.3. The van der Waals surface area contributed by atoms with Crippen LogP contribution < -0.4 is 5.32 Å². The van der Waals surface area contributed by atoms with Gasteiger partial charge in [0.1, 0.15) is 6.61 Å². The van der Waals surface area contributed by atoms with Gasteiger partial charge in [-0.25, -0.2) is 0 Å². The summed E-state index contributed by atoms with van der Waals surface area (Å²) in [6.07, 6.45) is 1.98. The molecule has 1 heterocycles. The molecule has 1 aliphatic heterocycles. The number of rotatable bonds is 3. The van der Waals surface area contributed by atoms with E-state index in [0.717, 1.165) is 31.6 Å². The van der Waals surface area contributed by atoms with E-state index in [-0.39, 0.29) is 18.6 Å². The van der Waals surface area contributed by atoms with Crippen molar-refractivity contribution in [2.24, 2.45) is 5.92 Å². The summed E-state index contributed by atoms with van der Waals surface area (Å²) in [6, 6.07) is 7.27. The summed E-state index contributed by atoms with van der Waals surface area (Å²) >= 11 is 0. The third-order valence-corrected chi connectivity index (χ3v) is 3.77. The number of carbonyl (C=O) groups excluding carboxylic acids is 1. The first-order valence-corrected chi connectivity index (χ1v) is 7.29. The van der Waals surface area contributed by atoms with Crippen LogP contribution >= 0.6 is 0 Å². The third kappa shape index (κ3) is 4.59. The van der Waals surface area contributed by atoms with E-state index >= 15 is 0 Å². The maximum absolute atomic E-state index is 12.3. The Hall–Kier alpha value is -1.83. The second-order valence-corrected chi connectivity index (χ2v) is 5.25. The summed E-state index contributed by atoms with van der Waals surface area (Å²) in [5.41, 5.74) is 1.33. The standard InChI is InChI=1S/C17H21NO3/c1-13(15-7-10-21-11-8-15)18-17(20)16-6-2-4-14(12-16)5-3-9-19/h2,4,6,12-13,15,19H,7-11H2,1H3,(H,18,20). The highest BCUT2D eigenvalue weighted by molar-refractivity contribution is 5.94. The van der Waals surface area contributed by atoms with Gasteiger partial charge in [0, 0.05) is 30.4 Å². The molecule has 1 unspecified atom stereocenters. The molecule has 0 saturated carbocycles. The lowest BCUT2D eigenvalue weighted by molar-refractivity contribution is 0.0538. The van der Waals surface area contributed by atoms with Gasteiger partial charge in [-0.1, -0.05) is 17.9 Å². The van der Waals surface area contributed by atoms with E-state index in [9.17, 15) is 4.79 Å². The lowest BCUT2D eigenvalue weighted by Gasteiger charge is -2.28. The van der Waals surface area contributed by atoms with Gasteiger partial charge < -0.3 is 15.2 Å². The first-order chi connectivity index (χ1) is 10.2. The molecule has 0 aliphatic carbocycles. The van der Waals surface area contributed by atoms with E-state index in [2.05, 4.69) is 17.2 Å². The van der Waals surface area contributed by atoms with Gasteiger partial charge in [-0.2, -0.15) is 0 Å². The van der Waals surface area contributed by atoms with Gasteiger partial charge in [0.2, 0.25) is 0 Å². The highest BCUT2D eigenvalue weighted by Gasteiger charge is 2.22. The summed E-state index contributed by atoms with van der Waals surface area (Å²) in [4.78, 5) is 12.3. The smallest absolute Gasteiger partial charge is 0.251 e. The van der Waals surface area contributed by atoms with Gasteiger partial charge in [-0.05, 0) is 43.9 Å². The van der Waals surface area contributed by atoms with Crippen LogP contribution in [-0.2, 0) is 4.74 Å². The highest BCUT2D eigenvalue weighted by Crippen LogP contribution is 2.19. The number of aliphatic hydroxyl groups is 1. The Bertz CT molecular complexity index is 538. The zero-order valence-electron chi connectivity index (χ0n) is 12.3. The predicted molar refractivity (Wildman–Crippen MR) is 80.9 cm³/mol. The second-order valence-electron chi connectivity index (χ2n) is 5.25. The largest absolute Gasteiger partial charge is 0.384 e. The van der Waals surface area contributed by atoms with Crippen molar-refractivity contribution in [3.63, 3.8) is 0 Å². The maximum Gasteiger partial charge on any atom is 0.251 e. The van der Waals surface area contributed by atoms with Crippen molar-refractivity contribution in [2.45, 2.75) is 25.8 Å². The number of ether oxygens (including phenoxy) is 1. The minimum atomic E-state index is -0.183. The summed E-state index contributed by atoms with van der Waals surface area (Å²) in [5.74, 6) is 5.78. The van der Waals surface area contributed by atoms with E-state index in [1.807, 2.05) is 13.0 Å². The van der Waals surface area contributed by atoms with Gasteiger partial charge in [0.15, 0.2) is 0 Å². The van der Waals surface area contributed by atoms with Gasteiger partial charge in [-0.15, -0.1) is 0 Å².